The van der Waals surface area contributed by atoms with E-state index in [9.17, 15) is 9.90 Å². The summed E-state index contributed by atoms with van der Waals surface area (Å²) in [6.07, 6.45) is -2.46. The van der Waals surface area contributed by atoms with E-state index in [1.54, 1.807) is 38.1 Å². The second-order valence-corrected chi connectivity index (χ2v) is 9.79. The van der Waals surface area contributed by atoms with Gasteiger partial charge in [-0.2, -0.15) is 0 Å². The fraction of sp³-hybridized carbons (Fsp3) is 0.440. The number of nitrogens with one attached hydrogen (secondary N) is 2. The molecule has 4 heterocycles. The Bertz CT molecular complexity index is 1270. The molecule has 8 nitrogen and oxygen atoms in total. The van der Waals surface area contributed by atoms with E-state index in [1.165, 1.54) is 19.2 Å². The summed E-state index contributed by atoms with van der Waals surface area (Å²) in [5.41, 5.74) is -0.305. The third kappa shape index (κ3) is 3.95. The Kier molecular flexibility index (Phi) is 5.58. The van der Waals surface area contributed by atoms with Crippen molar-refractivity contribution in [2.45, 2.75) is 62.6 Å². The summed E-state index contributed by atoms with van der Waals surface area (Å²) in [7, 11) is 1.51. The van der Waals surface area contributed by atoms with Crippen LogP contribution in [-0.2, 0) is 0 Å². The quantitative estimate of drug-likeness (QED) is 0.521. The number of piperidine rings is 2. The van der Waals surface area contributed by atoms with Crippen LogP contribution in [0.1, 0.15) is 43.6 Å². The lowest BCUT2D eigenvalue weighted by Crippen LogP contribution is -2.76. The molecule has 184 valence electrons. The molecule has 3 aromatic rings. The van der Waals surface area contributed by atoms with Crippen molar-refractivity contribution in [1.82, 2.24) is 25.8 Å². The molecule has 2 bridgehead atoms. The number of phenols is 1. The van der Waals surface area contributed by atoms with Crippen LogP contribution in [0.4, 0.5) is 8.78 Å². The molecule has 0 radical (unpaired) electrons. The average Bonchev–Trinajstić information content (AvgIpc) is 2.85. The summed E-state index contributed by atoms with van der Waals surface area (Å²) in [6.45, 7) is 3.53. The van der Waals surface area contributed by atoms with Gasteiger partial charge in [0.2, 0.25) is 5.88 Å². The Morgan fingerprint density at radius 3 is 2.46 bits per heavy atom. The van der Waals surface area contributed by atoms with Crippen molar-refractivity contribution >= 4 is 16.8 Å². The number of aromatic hydroxyl groups is 1. The van der Waals surface area contributed by atoms with E-state index in [1.807, 2.05) is 0 Å². The number of hydrogen-bond acceptors (Lipinski definition) is 7. The Morgan fingerprint density at radius 2 is 1.83 bits per heavy atom. The maximum atomic E-state index is 15.3. The van der Waals surface area contributed by atoms with Crippen molar-refractivity contribution < 1.29 is 23.4 Å². The molecule has 5 atom stereocenters. The highest BCUT2D eigenvalue weighted by atomic mass is 19.1. The zero-order chi connectivity index (χ0) is 25.0. The first-order chi connectivity index (χ1) is 16.6. The van der Waals surface area contributed by atoms with Crippen molar-refractivity contribution in [3.63, 3.8) is 0 Å². The maximum Gasteiger partial charge on any atom is 0.269 e. The summed E-state index contributed by atoms with van der Waals surface area (Å²) in [5, 5.41) is 25.1. The van der Waals surface area contributed by atoms with Gasteiger partial charge < -0.3 is 20.5 Å². The highest BCUT2D eigenvalue weighted by molar-refractivity contribution is 5.96. The molecule has 10 heteroatoms. The van der Waals surface area contributed by atoms with Gasteiger partial charge in [-0.15, -0.1) is 10.2 Å². The number of amides is 1. The summed E-state index contributed by atoms with van der Waals surface area (Å²) in [4.78, 5) is 16.1. The van der Waals surface area contributed by atoms with Gasteiger partial charge in [0, 0.05) is 30.1 Å². The minimum Gasteiger partial charge on any atom is -0.507 e. The standard InChI is InChI=1S/C25H27F2N5O3/c1-24-9-4-10-25(2,32-24)22(27)20(21(24)26)35-19-8-7-15(30-31-19)14-11-13-5-6-16(23(34)28-3)29-17(13)12-18(14)33/h5-8,11-12,20-22,32-33H,4,9-10H2,1-3H3,(H,28,34)/t20?,21-,22+,24+,25-. The number of fused-ring (bicyclic) bond motifs is 3. The molecule has 2 aliphatic rings. The van der Waals surface area contributed by atoms with E-state index in [4.69, 9.17) is 4.74 Å². The Morgan fingerprint density at radius 1 is 1.11 bits per heavy atom. The lowest BCUT2D eigenvalue weighted by atomic mass is 9.68. The van der Waals surface area contributed by atoms with Gasteiger partial charge in [-0.05, 0) is 51.3 Å². The van der Waals surface area contributed by atoms with E-state index in [0.717, 1.165) is 6.42 Å². The fourth-order valence-electron chi connectivity index (χ4n) is 5.29. The smallest absolute Gasteiger partial charge is 0.269 e. The second kappa shape index (κ2) is 8.37. The van der Waals surface area contributed by atoms with Gasteiger partial charge in [-0.3, -0.25) is 4.79 Å². The van der Waals surface area contributed by atoms with E-state index in [-0.39, 0.29) is 23.2 Å². The van der Waals surface area contributed by atoms with Crippen LogP contribution in [0.2, 0.25) is 0 Å². The molecule has 2 fully saturated rings. The fourth-order valence-corrected chi connectivity index (χ4v) is 5.29. The molecule has 35 heavy (non-hydrogen) atoms. The summed E-state index contributed by atoms with van der Waals surface area (Å²) in [6, 6.07) is 9.49. The van der Waals surface area contributed by atoms with Crippen molar-refractivity contribution in [1.29, 1.82) is 0 Å². The summed E-state index contributed by atoms with van der Waals surface area (Å²) >= 11 is 0. The molecule has 1 aromatic carbocycles. The molecule has 2 saturated heterocycles. The molecule has 0 aliphatic carbocycles. The Hall–Kier alpha value is -3.40. The van der Waals surface area contributed by atoms with E-state index < -0.39 is 29.5 Å². The number of halogens is 2. The molecule has 1 amide bonds. The Balaban J connectivity index is 1.40. The zero-order valence-electron chi connectivity index (χ0n) is 19.7. The van der Waals surface area contributed by atoms with E-state index >= 15 is 8.78 Å². The first-order valence-corrected chi connectivity index (χ1v) is 11.6. The molecular weight excluding hydrogens is 456 g/mol. The molecule has 0 spiro atoms. The van der Waals surface area contributed by atoms with Crippen LogP contribution in [0.5, 0.6) is 11.6 Å². The van der Waals surface area contributed by atoms with Crippen molar-refractivity contribution in [3.05, 3.63) is 42.1 Å². The van der Waals surface area contributed by atoms with E-state index in [2.05, 4.69) is 25.8 Å². The summed E-state index contributed by atoms with van der Waals surface area (Å²) < 4.78 is 36.3. The van der Waals surface area contributed by atoms with Crippen molar-refractivity contribution in [2.75, 3.05) is 7.05 Å². The van der Waals surface area contributed by atoms with Crippen LogP contribution in [-0.4, -0.2) is 62.8 Å². The predicted molar refractivity (Wildman–Crippen MR) is 126 cm³/mol. The van der Waals surface area contributed by atoms with Gasteiger partial charge in [0.15, 0.2) is 18.4 Å². The van der Waals surface area contributed by atoms with Gasteiger partial charge in [0.1, 0.15) is 11.4 Å². The number of ether oxygens (including phenoxy) is 1. The molecule has 2 aromatic heterocycles. The maximum absolute atomic E-state index is 15.3. The molecule has 1 unspecified atom stereocenters. The van der Waals surface area contributed by atoms with Crippen LogP contribution >= 0.6 is 0 Å². The number of aromatic nitrogens is 3. The van der Waals surface area contributed by atoms with Crippen LogP contribution < -0.4 is 15.4 Å². The minimum atomic E-state index is -1.55. The van der Waals surface area contributed by atoms with Crippen LogP contribution in [0, 0.1) is 0 Å². The molecule has 3 N–H and O–H groups in total. The lowest BCUT2D eigenvalue weighted by Gasteiger charge is -2.56. The largest absolute Gasteiger partial charge is 0.507 e. The zero-order valence-corrected chi connectivity index (χ0v) is 19.7. The molecule has 5 rings (SSSR count). The van der Waals surface area contributed by atoms with Crippen LogP contribution in [0.25, 0.3) is 22.2 Å². The van der Waals surface area contributed by atoms with Crippen LogP contribution in [0.3, 0.4) is 0 Å². The summed E-state index contributed by atoms with van der Waals surface area (Å²) in [5.74, 6) is -0.418. The average molecular weight is 484 g/mol. The monoisotopic (exact) mass is 483 g/mol. The number of alkyl halides is 2. The topological polar surface area (TPSA) is 109 Å². The lowest BCUT2D eigenvalue weighted by molar-refractivity contribution is -0.114. The second-order valence-electron chi connectivity index (χ2n) is 9.79. The highest BCUT2D eigenvalue weighted by Gasteiger charge is 2.60. The van der Waals surface area contributed by atoms with Crippen molar-refractivity contribution in [2.24, 2.45) is 0 Å². The van der Waals surface area contributed by atoms with Gasteiger partial charge in [-0.25, -0.2) is 13.8 Å². The molecule has 0 saturated carbocycles. The van der Waals surface area contributed by atoms with Gasteiger partial charge in [0.25, 0.3) is 5.91 Å². The van der Waals surface area contributed by atoms with Gasteiger partial charge >= 0.3 is 0 Å². The number of rotatable bonds is 4. The molecular formula is C25H27F2N5O3. The third-order valence-corrected chi connectivity index (χ3v) is 7.20. The predicted octanol–water partition coefficient (Wildman–Crippen LogP) is 3.49. The van der Waals surface area contributed by atoms with Gasteiger partial charge in [-0.1, -0.05) is 6.07 Å². The number of phenolic OH excluding ortho intramolecular Hbond substituents is 1. The Labute approximate surface area is 201 Å². The van der Waals surface area contributed by atoms with Crippen molar-refractivity contribution in [3.8, 4) is 22.9 Å². The van der Waals surface area contributed by atoms with E-state index in [0.29, 0.717) is 35.0 Å². The first-order valence-electron chi connectivity index (χ1n) is 11.6. The number of pyridine rings is 1. The highest BCUT2D eigenvalue weighted by Crippen LogP contribution is 2.44. The van der Waals surface area contributed by atoms with Crippen LogP contribution in [0.15, 0.2) is 36.4 Å². The number of carbonyl (C=O) groups is 1. The number of benzene rings is 1. The third-order valence-electron chi connectivity index (χ3n) is 7.20. The van der Waals surface area contributed by atoms with Gasteiger partial charge in [0.05, 0.1) is 22.3 Å². The normalized spacial score (nSPS) is 30.1. The number of nitrogens with zero attached hydrogens (tertiary/aromatic N) is 3. The first kappa shape index (κ1) is 23.3. The number of carbonyl (C=O) groups excluding carboxylic acids is 1. The SMILES string of the molecule is CNC(=O)c1ccc2cc(-c3ccc(OC4[C@@H](F)[C@]5(C)CCC[C@@](C)(N5)[C@H]4F)nn3)c(O)cc2n1. The number of hydrogen-bond donors (Lipinski definition) is 3. The minimum absolute atomic E-state index is 0.00777. The molecule has 2 aliphatic heterocycles.